The van der Waals surface area contributed by atoms with E-state index in [1.54, 1.807) is 20.8 Å². The van der Waals surface area contributed by atoms with Crippen LogP contribution in [0, 0.1) is 12.3 Å². The molecule has 1 rings (SSSR count). The van der Waals surface area contributed by atoms with Gasteiger partial charge in [0.25, 0.3) is 0 Å². The molecule has 0 spiro atoms. The largest absolute Gasteiger partial charge is 0.480 e. The summed E-state index contributed by atoms with van der Waals surface area (Å²) in [5.74, 6) is -1.03. The summed E-state index contributed by atoms with van der Waals surface area (Å²) in [7, 11) is 0. The van der Waals surface area contributed by atoms with Crippen molar-refractivity contribution in [1.29, 1.82) is 0 Å². The molecule has 0 radical (unpaired) electrons. The van der Waals surface area contributed by atoms with E-state index in [1.807, 2.05) is 25.1 Å². The molecule has 0 aliphatic rings. The molecule has 2 amide bonds. The second-order valence-electron chi connectivity index (χ2n) is 6.28. The summed E-state index contributed by atoms with van der Waals surface area (Å²) in [6.45, 7) is 7.81. The SMILES string of the molecule is Cc1cccc(CCNC(=O)N[C@@H](C(=O)O)C(C)(C)C)c1. The molecule has 0 aliphatic carbocycles. The van der Waals surface area contributed by atoms with Crippen LogP contribution in [0.25, 0.3) is 0 Å². The van der Waals surface area contributed by atoms with Crippen molar-refractivity contribution in [3.8, 4) is 0 Å². The van der Waals surface area contributed by atoms with Gasteiger partial charge >= 0.3 is 12.0 Å². The number of aryl methyl sites for hydroxylation is 1. The summed E-state index contributed by atoms with van der Waals surface area (Å²) in [5.41, 5.74) is 1.77. The van der Waals surface area contributed by atoms with Gasteiger partial charge in [0.05, 0.1) is 0 Å². The smallest absolute Gasteiger partial charge is 0.326 e. The number of aliphatic carboxylic acids is 1. The van der Waals surface area contributed by atoms with Gasteiger partial charge in [-0.25, -0.2) is 9.59 Å². The molecule has 0 saturated carbocycles. The number of rotatable bonds is 5. The summed E-state index contributed by atoms with van der Waals surface area (Å²) in [6.07, 6.45) is 0.711. The highest BCUT2D eigenvalue weighted by molar-refractivity contribution is 5.83. The maximum Gasteiger partial charge on any atom is 0.326 e. The number of carbonyl (C=O) groups excluding carboxylic acids is 1. The van der Waals surface area contributed by atoms with Gasteiger partial charge in [-0.05, 0) is 24.3 Å². The Hall–Kier alpha value is -2.04. The molecule has 0 unspecified atom stereocenters. The Morgan fingerprint density at radius 3 is 2.48 bits per heavy atom. The minimum absolute atomic E-state index is 0.454. The predicted octanol–water partition coefficient (Wildman–Crippen LogP) is 2.34. The molecule has 0 aliphatic heterocycles. The average molecular weight is 292 g/mol. The lowest BCUT2D eigenvalue weighted by Gasteiger charge is -2.27. The van der Waals surface area contributed by atoms with Crippen molar-refractivity contribution < 1.29 is 14.7 Å². The van der Waals surface area contributed by atoms with Crippen molar-refractivity contribution >= 4 is 12.0 Å². The molecule has 0 fully saturated rings. The quantitative estimate of drug-likeness (QED) is 0.779. The zero-order valence-electron chi connectivity index (χ0n) is 13.1. The molecule has 3 N–H and O–H groups in total. The van der Waals surface area contributed by atoms with Crippen LogP contribution in [0.4, 0.5) is 4.79 Å². The topological polar surface area (TPSA) is 78.4 Å². The normalized spacial score (nSPS) is 12.6. The average Bonchev–Trinajstić information content (AvgIpc) is 2.34. The number of nitrogens with one attached hydrogen (secondary N) is 2. The van der Waals surface area contributed by atoms with Crippen molar-refractivity contribution in [3.05, 3.63) is 35.4 Å². The summed E-state index contributed by atoms with van der Waals surface area (Å²) in [6, 6.07) is 6.69. The molecule has 1 aromatic rings. The summed E-state index contributed by atoms with van der Waals surface area (Å²) in [5, 5.41) is 14.3. The number of carbonyl (C=O) groups is 2. The lowest BCUT2D eigenvalue weighted by Crippen LogP contribution is -2.52. The Bertz CT molecular complexity index is 506. The third-order valence-corrected chi connectivity index (χ3v) is 3.17. The highest BCUT2D eigenvalue weighted by atomic mass is 16.4. The number of benzene rings is 1. The number of hydrogen-bond donors (Lipinski definition) is 3. The van der Waals surface area contributed by atoms with Gasteiger partial charge in [0.1, 0.15) is 6.04 Å². The van der Waals surface area contributed by atoms with Crippen LogP contribution < -0.4 is 10.6 Å². The highest BCUT2D eigenvalue weighted by Crippen LogP contribution is 2.19. The fourth-order valence-corrected chi connectivity index (χ4v) is 2.02. The van der Waals surface area contributed by atoms with Gasteiger partial charge in [0.2, 0.25) is 0 Å². The van der Waals surface area contributed by atoms with E-state index in [-0.39, 0.29) is 0 Å². The first-order valence-electron chi connectivity index (χ1n) is 7.03. The molecular weight excluding hydrogens is 268 g/mol. The van der Waals surface area contributed by atoms with Crippen LogP contribution in [0.2, 0.25) is 0 Å². The van der Waals surface area contributed by atoms with E-state index in [9.17, 15) is 9.59 Å². The first kappa shape index (κ1) is 17.0. The van der Waals surface area contributed by atoms with Gasteiger partial charge < -0.3 is 15.7 Å². The summed E-state index contributed by atoms with van der Waals surface area (Å²) < 4.78 is 0. The number of carboxylic acid groups (broad SMARTS) is 1. The maximum absolute atomic E-state index is 11.8. The van der Waals surface area contributed by atoms with Crippen molar-refractivity contribution in [2.75, 3.05) is 6.54 Å². The van der Waals surface area contributed by atoms with E-state index in [1.165, 1.54) is 5.56 Å². The van der Waals surface area contributed by atoms with E-state index in [0.717, 1.165) is 5.56 Å². The Morgan fingerprint density at radius 2 is 1.95 bits per heavy atom. The monoisotopic (exact) mass is 292 g/mol. The van der Waals surface area contributed by atoms with Crippen LogP contribution in [0.15, 0.2) is 24.3 Å². The third kappa shape index (κ3) is 5.85. The van der Waals surface area contributed by atoms with E-state index in [2.05, 4.69) is 16.7 Å². The zero-order valence-corrected chi connectivity index (χ0v) is 13.1. The fraction of sp³-hybridized carbons (Fsp3) is 0.500. The van der Waals surface area contributed by atoms with Gasteiger partial charge in [-0.3, -0.25) is 0 Å². The van der Waals surface area contributed by atoms with Gasteiger partial charge in [-0.1, -0.05) is 50.6 Å². The van der Waals surface area contributed by atoms with Crippen LogP contribution in [-0.2, 0) is 11.2 Å². The van der Waals surface area contributed by atoms with Gasteiger partial charge in [-0.15, -0.1) is 0 Å². The van der Waals surface area contributed by atoms with E-state index in [0.29, 0.717) is 13.0 Å². The van der Waals surface area contributed by atoms with Crippen molar-refractivity contribution in [2.45, 2.75) is 40.2 Å². The molecule has 1 aromatic carbocycles. The predicted molar refractivity (Wildman–Crippen MR) is 82.3 cm³/mol. The number of urea groups is 1. The van der Waals surface area contributed by atoms with Crippen molar-refractivity contribution in [1.82, 2.24) is 10.6 Å². The standard InChI is InChI=1S/C16H24N2O3/c1-11-6-5-7-12(10-11)8-9-17-15(21)18-13(14(19)20)16(2,3)4/h5-7,10,13H,8-9H2,1-4H3,(H,19,20)(H2,17,18,21)/t13-/m0/s1. The van der Waals surface area contributed by atoms with Crippen molar-refractivity contribution in [3.63, 3.8) is 0 Å². The van der Waals surface area contributed by atoms with E-state index in [4.69, 9.17) is 5.11 Å². The molecular formula is C16H24N2O3. The second kappa shape index (κ2) is 7.11. The van der Waals surface area contributed by atoms with Crippen molar-refractivity contribution in [2.24, 2.45) is 5.41 Å². The van der Waals surface area contributed by atoms with E-state index < -0.39 is 23.5 Å². The zero-order chi connectivity index (χ0) is 16.0. The molecule has 0 heterocycles. The first-order valence-corrected chi connectivity index (χ1v) is 7.03. The molecule has 116 valence electrons. The highest BCUT2D eigenvalue weighted by Gasteiger charge is 2.32. The van der Waals surface area contributed by atoms with Gasteiger partial charge in [-0.2, -0.15) is 0 Å². The molecule has 21 heavy (non-hydrogen) atoms. The molecule has 1 atom stereocenters. The molecule has 0 aromatic heterocycles. The molecule has 5 nitrogen and oxygen atoms in total. The number of amides is 2. The molecule has 5 heteroatoms. The Labute approximate surface area is 125 Å². The lowest BCUT2D eigenvalue weighted by atomic mass is 9.87. The minimum Gasteiger partial charge on any atom is -0.480 e. The molecule has 0 bridgehead atoms. The Balaban J connectivity index is 2.45. The lowest BCUT2D eigenvalue weighted by molar-refractivity contribution is -0.141. The first-order chi connectivity index (χ1) is 9.70. The Kier molecular flexibility index (Phi) is 5.76. The third-order valence-electron chi connectivity index (χ3n) is 3.17. The van der Waals surface area contributed by atoms with Crippen LogP contribution in [-0.4, -0.2) is 29.7 Å². The second-order valence-corrected chi connectivity index (χ2v) is 6.28. The summed E-state index contributed by atoms with van der Waals surface area (Å²) >= 11 is 0. The minimum atomic E-state index is -1.03. The molecule has 0 saturated heterocycles. The van der Waals surface area contributed by atoms with Gasteiger partial charge in [0, 0.05) is 6.54 Å². The number of carboxylic acids is 1. The van der Waals surface area contributed by atoms with E-state index >= 15 is 0 Å². The van der Waals surface area contributed by atoms with Crippen LogP contribution in [0.3, 0.4) is 0 Å². The van der Waals surface area contributed by atoms with Crippen LogP contribution >= 0.6 is 0 Å². The fourth-order valence-electron chi connectivity index (χ4n) is 2.02. The van der Waals surface area contributed by atoms with Crippen LogP contribution in [0.5, 0.6) is 0 Å². The van der Waals surface area contributed by atoms with Gasteiger partial charge in [0.15, 0.2) is 0 Å². The Morgan fingerprint density at radius 1 is 1.29 bits per heavy atom. The maximum atomic E-state index is 11.8. The van der Waals surface area contributed by atoms with Crippen LogP contribution in [0.1, 0.15) is 31.9 Å². The summed E-state index contributed by atoms with van der Waals surface area (Å²) in [4.78, 5) is 22.9. The number of hydrogen-bond acceptors (Lipinski definition) is 2.